The van der Waals surface area contributed by atoms with E-state index in [4.69, 9.17) is 0 Å². The van der Waals surface area contributed by atoms with Gasteiger partial charge in [-0.1, -0.05) is 24.3 Å². The third-order valence-corrected chi connectivity index (χ3v) is 6.82. The van der Waals surface area contributed by atoms with Crippen molar-refractivity contribution >= 4 is 17.7 Å². The fraction of sp³-hybridized carbons (Fsp3) is 0.609. The average Bonchev–Trinajstić information content (AvgIpc) is 3.15. The fourth-order valence-electron chi connectivity index (χ4n) is 4.95. The van der Waals surface area contributed by atoms with Crippen LogP contribution in [-0.2, 0) is 20.8 Å². The molecule has 2 aliphatic heterocycles. The summed E-state index contributed by atoms with van der Waals surface area (Å²) in [4.78, 5) is 39.0. The van der Waals surface area contributed by atoms with Gasteiger partial charge in [0, 0.05) is 13.1 Å². The SMILES string of the molecule is CN[C@@H](C)C(=O)N[C@H]1CCCN2CC[C@@H](C(=O)N[C@@H]3CCCc4ccccc43)N2C1=O. The van der Waals surface area contributed by atoms with Crippen molar-refractivity contribution in [1.29, 1.82) is 0 Å². The molecule has 3 N–H and O–H groups in total. The Morgan fingerprint density at radius 1 is 1.03 bits per heavy atom. The normalized spacial score (nSPS) is 27.1. The summed E-state index contributed by atoms with van der Waals surface area (Å²) >= 11 is 0. The van der Waals surface area contributed by atoms with E-state index in [1.54, 1.807) is 19.0 Å². The fourth-order valence-corrected chi connectivity index (χ4v) is 4.95. The Hall–Kier alpha value is -2.45. The van der Waals surface area contributed by atoms with Crippen LogP contribution in [0.1, 0.15) is 56.2 Å². The Labute approximate surface area is 183 Å². The number of carbonyl (C=O) groups is 3. The minimum absolute atomic E-state index is 0.0134. The second kappa shape index (κ2) is 9.36. The van der Waals surface area contributed by atoms with Crippen LogP contribution in [-0.4, -0.2) is 66.0 Å². The van der Waals surface area contributed by atoms with E-state index >= 15 is 0 Å². The molecule has 31 heavy (non-hydrogen) atoms. The zero-order valence-electron chi connectivity index (χ0n) is 18.4. The summed E-state index contributed by atoms with van der Waals surface area (Å²) in [5.41, 5.74) is 2.48. The Bertz CT molecular complexity index is 844. The van der Waals surface area contributed by atoms with E-state index in [-0.39, 0.29) is 29.8 Å². The molecule has 0 spiro atoms. The van der Waals surface area contributed by atoms with Crippen LogP contribution in [0.25, 0.3) is 0 Å². The highest BCUT2D eigenvalue weighted by atomic mass is 16.2. The molecule has 0 bridgehead atoms. The van der Waals surface area contributed by atoms with E-state index in [0.717, 1.165) is 32.2 Å². The van der Waals surface area contributed by atoms with Gasteiger partial charge in [-0.3, -0.25) is 19.4 Å². The van der Waals surface area contributed by atoms with Gasteiger partial charge in [0.05, 0.1) is 12.1 Å². The van der Waals surface area contributed by atoms with Gasteiger partial charge >= 0.3 is 0 Å². The first kappa shape index (κ1) is 21.8. The van der Waals surface area contributed by atoms with Gasteiger partial charge in [-0.2, -0.15) is 0 Å². The van der Waals surface area contributed by atoms with Gasteiger partial charge in [-0.15, -0.1) is 0 Å². The van der Waals surface area contributed by atoms with Crippen LogP contribution in [0, 0.1) is 0 Å². The van der Waals surface area contributed by atoms with Gasteiger partial charge < -0.3 is 16.0 Å². The zero-order valence-corrected chi connectivity index (χ0v) is 18.4. The maximum atomic E-state index is 13.3. The van der Waals surface area contributed by atoms with E-state index in [1.807, 2.05) is 17.1 Å². The summed E-state index contributed by atoms with van der Waals surface area (Å²) in [5.74, 6) is -0.489. The lowest BCUT2D eigenvalue weighted by Gasteiger charge is -2.33. The van der Waals surface area contributed by atoms with Crippen molar-refractivity contribution in [3.05, 3.63) is 35.4 Å². The number of benzene rings is 1. The molecule has 0 aromatic heterocycles. The summed E-state index contributed by atoms with van der Waals surface area (Å²) in [6.45, 7) is 3.16. The van der Waals surface area contributed by atoms with Gasteiger partial charge in [0.1, 0.15) is 12.1 Å². The molecule has 0 unspecified atom stereocenters. The van der Waals surface area contributed by atoms with Crippen molar-refractivity contribution in [2.45, 2.75) is 69.6 Å². The van der Waals surface area contributed by atoms with Crippen molar-refractivity contribution in [1.82, 2.24) is 26.0 Å². The third-order valence-electron chi connectivity index (χ3n) is 6.82. The molecule has 1 aromatic rings. The molecule has 0 radical (unpaired) electrons. The molecule has 2 saturated heterocycles. The largest absolute Gasteiger partial charge is 0.347 e. The van der Waals surface area contributed by atoms with Crippen LogP contribution < -0.4 is 16.0 Å². The van der Waals surface area contributed by atoms with E-state index in [2.05, 4.69) is 28.1 Å². The number of carbonyl (C=O) groups excluding carboxylic acids is 3. The van der Waals surface area contributed by atoms with Crippen molar-refractivity contribution in [3.63, 3.8) is 0 Å². The molecular formula is C23H33N5O3. The first-order chi connectivity index (χ1) is 15.0. The van der Waals surface area contributed by atoms with Crippen LogP contribution in [0.5, 0.6) is 0 Å². The Morgan fingerprint density at radius 3 is 2.61 bits per heavy atom. The van der Waals surface area contributed by atoms with Crippen molar-refractivity contribution in [2.75, 3.05) is 20.1 Å². The van der Waals surface area contributed by atoms with E-state index < -0.39 is 12.1 Å². The lowest BCUT2D eigenvalue weighted by atomic mass is 9.87. The molecule has 2 fully saturated rings. The summed E-state index contributed by atoms with van der Waals surface area (Å²) < 4.78 is 0. The van der Waals surface area contributed by atoms with Gasteiger partial charge in [0.2, 0.25) is 11.8 Å². The summed E-state index contributed by atoms with van der Waals surface area (Å²) in [7, 11) is 1.71. The van der Waals surface area contributed by atoms with Crippen molar-refractivity contribution in [2.24, 2.45) is 0 Å². The number of aryl methyl sites for hydroxylation is 1. The smallest absolute Gasteiger partial charge is 0.260 e. The number of nitrogens with zero attached hydrogens (tertiary/aromatic N) is 2. The Morgan fingerprint density at radius 2 is 1.81 bits per heavy atom. The molecule has 0 saturated carbocycles. The van der Waals surface area contributed by atoms with E-state index in [1.165, 1.54) is 11.1 Å². The average molecular weight is 428 g/mol. The molecule has 1 aliphatic carbocycles. The number of likely N-dealkylation sites (N-methyl/N-ethyl adjacent to an activating group) is 1. The minimum Gasteiger partial charge on any atom is -0.347 e. The predicted octanol–water partition coefficient (Wildman–Crippen LogP) is 0.885. The second-order valence-electron chi connectivity index (χ2n) is 8.81. The zero-order chi connectivity index (χ0) is 22.0. The first-order valence-electron chi connectivity index (χ1n) is 11.4. The minimum atomic E-state index is -0.600. The number of rotatable bonds is 5. The van der Waals surface area contributed by atoms with E-state index in [9.17, 15) is 14.4 Å². The quantitative estimate of drug-likeness (QED) is 0.649. The number of hydrogen-bond donors (Lipinski definition) is 3. The number of fused-ring (bicyclic) bond motifs is 2. The summed E-state index contributed by atoms with van der Waals surface area (Å²) in [6.07, 6.45) is 4.98. The number of hydrogen-bond acceptors (Lipinski definition) is 5. The number of nitrogens with one attached hydrogen (secondary N) is 3. The molecule has 1 aromatic carbocycles. The molecule has 3 amide bonds. The summed E-state index contributed by atoms with van der Waals surface area (Å²) in [6, 6.07) is 6.75. The lowest BCUT2D eigenvalue weighted by molar-refractivity contribution is -0.154. The van der Waals surface area contributed by atoms with Crippen LogP contribution in [0.4, 0.5) is 0 Å². The lowest BCUT2D eigenvalue weighted by Crippen LogP contribution is -2.57. The van der Waals surface area contributed by atoms with Crippen LogP contribution in [0.15, 0.2) is 24.3 Å². The Kier molecular flexibility index (Phi) is 6.57. The number of amides is 3. The van der Waals surface area contributed by atoms with Crippen LogP contribution in [0.3, 0.4) is 0 Å². The van der Waals surface area contributed by atoms with Crippen LogP contribution in [0.2, 0.25) is 0 Å². The van der Waals surface area contributed by atoms with Gasteiger partial charge in [0.25, 0.3) is 5.91 Å². The van der Waals surface area contributed by atoms with Crippen molar-refractivity contribution < 1.29 is 14.4 Å². The maximum absolute atomic E-state index is 13.3. The molecule has 4 rings (SSSR count). The van der Waals surface area contributed by atoms with E-state index in [0.29, 0.717) is 19.4 Å². The Balaban J connectivity index is 1.47. The molecular weight excluding hydrogens is 394 g/mol. The summed E-state index contributed by atoms with van der Waals surface area (Å²) in [5, 5.41) is 12.6. The highest BCUT2D eigenvalue weighted by Crippen LogP contribution is 2.31. The molecule has 3 aliphatic rings. The van der Waals surface area contributed by atoms with Gasteiger partial charge in [-0.25, -0.2) is 5.01 Å². The number of hydrazine groups is 1. The molecule has 8 heteroatoms. The highest BCUT2D eigenvalue weighted by molar-refractivity contribution is 5.93. The first-order valence-corrected chi connectivity index (χ1v) is 11.4. The molecule has 168 valence electrons. The molecule has 4 atom stereocenters. The molecule has 2 heterocycles. The second-order valence-corrected chi connectivity index (χ2v) is 8.81. The maximum Gasteiger partial charge on any atom is 0.260 e. The van der Waals surface area contributed by atoms with Gasteiger partial charge in [-0.05, 0) is 63.6 Å². The highest BCUT2D eigenvalue weighted by Gasteiger charge is 2.44. The monoisotopic (exact) mass is 427 g/mol. The van der Waals surface area contributed by atoms with Gasteiger partial charge in [0.15, 0.2) is 0 Å². The third kappa shape index (κ3) is 4.45. The standard InChI is InChI=1S/C23H33N5O3/c1-15(24-2)21(29)26-19-11-6-13-27-14-12-20(28(27)23(19)31)22(30)25-18-10-5-8-16-7-3-4-9-17(16)18/h3-4,7,9,15,18-20,24H,5-6,8,10-14H2,1-2H3,(H,25,30)(H,26,29)/t15-,18+,19-,20-/m0/s1. The topological polar surface area (TPSA) is 93.8 Å². The predicted molar refractivity (Wildman–Crippen MR) is 117 cm³/mol. The van der Waals surface area contributed by atoms with Crippen molar-refractivity contribution in [3.8, 4) is 0 Å². The molecule has 8 nitrogen and oxygen atoms in total. The van der Waals surface area contributed by atoms with Crippen LogP contribution >= 0.6 is 0 Å².